The lowest BCUT2D eigenvalue weighted by atomic mass is 10.1. The number of sulfone groups is 1. The summed E-state index contributed by atoms with van der Waals surface area (Å²) in [7, 11) is -3.70. The fourth-order valence-electron chi connectivity index (χ4n) is 2.99. The van der Waals surface area contributed by atoms with Crippen LogP contribution >= 0.6 is 11.6 Å². The van der Waals surface area contributed by atoms with Crippen molar-refractivity contribution in [3.63, 3.8) is 0 Å². The standard InChI is InChI=1S/C21H25ClO4S/c22-19-13-11-18(12-14-19)15-16-27(25,26)20(21(23)24)10-6-2-5-9-17-7-3-1-4-8-17/h1,3-4,7-8,11-14,20H,2,5-6,9-10,15-16H2,(H,23,24). The van der Waals surface area contributed by atoms with Crippen molar-refractivity contribution in [3.05, 3.63) is 70.7 Å². The molecule has 0 heterocycles. The number of hydrogen-bond acceptors (Lipinski definition) is 3. The number of halogens is 1. The fraction of sp³-hybridized carbons (Fsp3) is 0.381. The van der Waals surface area contributed by atoms with Crippen molar-refractivity contribution in [1.29, 1.82) is 0 Å². The van der Waals surface area contributed by atoms with E-state index in [2.05, 4.69) is 12.1 Å². The highest BCUT2D eigenvalue weighted by Crippen LogP contribution is 2.17. The van der Waals surface area contributed by atoms with Gasteiger partial charge in [-0.25, -0.2) is 8.42 Å². The van der Waals surface area contributed by atoms with E-state index in [4.69, 9.17) is 11.6 Å². The van der Waals surface area contributed by atoms with Crippen LogP contribution < -0.4 is 0 Å². The molecular weight excluding hydrogens is 384 g/mol. The van der Waals surface area contributed by atoms with Crippen molar-refractivity contribution >= 4 is 27.4 Å². The van der Waals surface area contributed by atoms with Crippen molar-refractivity contribution in [2.24, 2.45) is 0 Å². The number of carboxylic acid groups (broad SMARTS) is 1. The van der Waals surface area contributed by atoms with Crippen LogP contribution in [0, 0.1) is 0 Å². The third-order valence-corrected chi connectivity index (χ3v) is 6.90. The van der Waals surface area contributed by atoms with E-state index in [0.717, 1.165) is 24.8 Å². The molecule has 0 saturated carbocycles. The molecule has 0 aliphatic carbocycles. The van der Waals surface area contributed by atoms with Crippen LogP contribution in [0.15, 0.2) is 54.6 Å². The van der Waals surface area contributed by atoms with Gasteiger partial charge < -0.3 is 5.11 Å². The maximum Gasteiger partial charge on any atom is 0.321 e. The first-order valence-corrected chi connectivity index (χ1v) is 11.2. The van der Waals surface area contributed by atoms with Gasteiger partial charge in [-0.3, -0.25) is 4.79 Å². The first-order chi connectivity index (χ1) is 12.9. The van der Waals surface area contributed by atoms with Crippen molar-refractivity contribution in [3.8, 4) is 0 Å². The second kappa shape index (κ2) is 10.5. The van der Waals surface area contributed by atoms with Gasteiger partial charge in [0.1, 0.15) is 0 Å². The predicted molar refractivity (Wildman–Crippen MR) is 109 cm³/mol. The van der Waals surface area contributed by atoms with Crippen LogP contribution in [0.4, 0.5) is 0 Å². The van der Waals surface area contributed by atoms with Crippen LogP contribution in [-0.4, -0.2) is 30.5 Å². The first kappa shape index (κ1) is 21.5. The second-order valence-electron chi connectivity index (χ2n) is 6.66. The Morgan fingerprint density at radius 2 is 1.52 bits per heavy atom. The molecule has 0 amide bonds. The van der Waals surface area contributed by atoms with Gasteiger partial charge in [0.05, 0.1) is 5.75 Å². The molecule has 6 heteroatoms. The van der Waals surface area contributed by atoms with E-state index in [1.807, 2.05) is 18.2 Å². The van der Waals surface area contributed by atoms with Crippen LogP contribution in [0.25, 0.3) is 0 Å². The summed E-state index contributed by atoms with van der Waals surface area (Å²) < 4.78 is 25.0. The third kappa shape index (κ3) is 7.35. The fourth-order valence-corrected chi connectivity index (χ4v) is 4.75. The number of aryl methyl sites for hydroxylation is 2. The molecule has 1 N–H and O–H groups in total. The summed E-state index contributed by atoms with van der Waals surface area (Å²) in [5.74, 6) is -1.43. The summed E-state index contributed by atoms with van der Waals surface area (Å²) in [5.41, 5.74) is 2.07. The van der Waals surface area contributed by atoms with Crippen LogP contribution in [0.1, 0.15) is 36.8 Å². The number of rotatable bonds is 11. The smallest absolute Gasteiger partial charge is 0.321 e. The molecule has 2 rings (SSSR count). The third-order valence-electron chi connectivity index (χ3n) is 4.57. The minimum atomic E-state index is -3.70. The minimum absolute atomic E-state index is 0.160. The quantitative estimate of drug-likeness (QED) is 0.553. The zero-order valence-corrected chi connectivity index (χ0v) is 16.8. The molecule has 2 aromatic carbocycles. The lowest BCUT2D eigenvalue weighted by molar-refractivity contribution is -0.136. The van der Waals surface area contributed by atoms with E-state index in [1.54, 1.807) is 24.3 Å². The molecule has 0 aliphatic rings. The molecule has 4 nitrogen and oxygen atoms in total. The van der Waals surface area contributed by atoms with Gasteiger partial charge in [-0.15, -0.1) is 0 Å². The molecule has 0 fully saturated rings. The summed E-state index contributed by atoms with van der Waals surface area (Å²) in [4.78, 5) is 11.5. The Balaban J connectivity index is 1.81. The Morgan fingerprint density at radius 3 is 2.15 bits per heavy atom. The maximum absolute atomic E-state index is 12.5. The Labute approximate surface area is 166 Å². The van der Waals surface area contributed by atoms with Gasteiger partial charge in [0.2, 0.25) is 0 Å². The SMILES string of the molecule is O=C(O)C(CCCCCc1ccccc1)S(=O)(=O)CCc1ccc(Cl)cc1. The highest BCUT2D eigenvalue weighted by atomic mass is 35.5. The van der Waals surface area contributed by atoms with Gasteiger partial charge in [0.25, 0.3) is 0 Å². The molecule has 0 saturated heterocycles. The lowest BCUT2D eigenvalue weighted by Crippen LogP contribution is -2.32. The van der Waals surface area contributed by atoms with Gasteiger partial charge in [0, 0.05) is 5.02 Å². The summed E-state index contributed by atoms with van der Waals surface area (Å²) >= 11 is 5.82. The Bertz CT molecular complexity index is 817. The van der Waals surface area contributed by atoms with Gasteiger partial charge in [-0.2, -0.15) is 0 Å². The highest BCUT2D eigenvalue weighted by molar-refractivity contribution is 7.92. The molecule has 0 aliphatic heterocycles. The van der Waals surface area contributed by atoms with Crippen LogP contribution in [0.5, 0.6) is 0 Å². The molecule has 1 atom stereocenters. The predicted octanol–water partition coefficient (Wildman–Crippen LogP) is 4.55. The number of benzene rings is 2. The molecular formula is C21H25ClO4S. The monoisotopic (exact) mass is 408 g/mol. The van der Waals surface area contributed by atoms with Crippen LogP contribution in [0.2, 0.25) is 5.02 Å². The van der Waals surface area contributed by atoms with Crippen molar-refractivity contribution in [2.75, 3.05) is 5.75 Å². The second-order valence-corrected chi connectivity index (χ2v) is 9.39. The van der Waals surface area contributed by atoms with Gasteiger partial charge in [0.15, 0.2) is 15.1 Å². The molecule has 0 aromatic heterocycles. The van der Waals surface area contributed by atoms with Crippen LogP contribution in [-0.2, 0) is 27.5 Å². The summed E-state index contributed by atoms with van der Waals surface area (Å²) in [6, 6.07) is 17.0. The number of aliphatic carboxylic acids is 1. The molecule has 1 unspecified atom stereocenters. The minimum Gasteiger partial charge on any atom is -0.480 e. The summed E-state index contributed by atoms with van der Waals surface area (Å²) in [5, 5.41) is 8.63. The number of unbranched alkanes of at least 4 members (excludes halogenated alkanes) is 2. The Kier molecular flexibility index (Phi) is 8.32. The lowest BCUT2D eigenvalue weighted by Gasteiger charge is -2.13. The van der Waals surface area contributed by atoms with Crippen LogP contribution in [0.3, 0.4) is 0 Å². The van der Waals surface area contributed by atoms with Gasteiger partial charge in [-0.1, -0.05) is 66.9 Å². The molecule has 0 bridgehead atoms. The summed E-state index contributed by atoms with van der Waals surface area (Å²) in [6.45, 7) is 0. The van der Waals surface area contributed by atoms with E-state index >= 15 is 0 Å². The first-order valence-electron chi connectivity index (χ1n) is 9.11. The molecule has 27 heavy (non-hydrogen) atoms. The number of carbonyl (C=O) groups is 1. The average molecular weight is 409 g/mol. The number of carboxylic acids is 1. The Morgan fingerprint density at radius 1 is 0.889 bits per heavy atom. The van der Waals surface area contributed by atoms with E-state index in [0.29, 0.717) is 11.4 Å². The highest BCUT2D eigenvalue weighted by Gasteiger charge is 2.31. The topological polar surface area (TPSA) is 71.4 Å². The van der Waals surface area contributed by atoms with E-state index < -0.39 is 21.1 Å². The van der Waals surface area contributed by atoms with Gasteiger partial charge >= 0.3 is 5.97 Å². The normalized spacial score (nSPS) is 12.6. The Hall–Kier alpha value is -1.85. The van der Waals surface area contributed by atoms with E-state index in [9.17, 15) is 18.3 Å². The van der Waals surface area contributed by atoms with E-state index in [-0.39, 0.29) is 18.6 Å². The summed E-state index contributed by atoms with van der Waals surface area (Å²) in [6.07, 6.45) is 3.68. The van der Waals surface area contributed by atoms with E-state index in [1.165, 1.54) is 5.56 Å². The van der Waals surface area contributed by atoms with Crippen molar-refractivity contribution < 1.29 is 18.3 Å². The molecule has 146 valence electrons. The molecule has 0 radical (unpaired) electrons. The zero-order chi connectivity index (χ0) is 19.7. The van der Waals surface area contributed by atoms with Crippen molar-refractivity contribution in [2.45, 2.75) is 43.8 Å². The van der Waals surface area contributed by atoms with Gasteiger partial charge in [-0.05, 0) is 48.9 Å². The average Bonchev–Trinajstić information content (AvgIpc) is 2.64. The molecule has 0 spiro atoms. The van der Waals surface area contributed by atoms with Crippen molar-refractivity contribution in [1.82, 2.24) is 0 Å². The molecule has 2 aromatic rings. The zero-order valence-electron chi connectivity index (χ0n) is 15.2. The number of hydrogen-bond donors (Lipinski definition) is 1. The maximum atomic E-state index is 12.5. The largest absolute Gasteiger partial charge is 0.480 e.